The highest BCUT2D eigenvalue weighted by Gasteiger charge is 2.32. The Hall–Kier alpha value is -2.22. The van der Waals surface area contributed by atoms with E-state index in [9.17, 15) is 18.3 Å². The zero-order valence-corrected chi connectivity index (χ0v) is 15.6. The molecule has 2 aromatic rings. The summed E-state index contributed by atoms with van der Waals surface area (Å²) in [5.41, 5.74) is 6.59. The standard InChI is InChI=1S/C19H20F3N3OS/c1-11-8-13(19(20,21)22)9-16(26)17(11)15-3-2-12(18(23)25-15)10-24-14-4-6-27-7-5-14/h2-3,8-10,14,26H,4-7H2,1H3,(H2,23,25). The van der Waals surface area contributed by atoms with Crippen molar-refractivity contribution < 1.29 is 18.3 Å². The summed E-state index contributed by atoms with van der Waals surface area (Å²) in [5.74, 6) is 1.94. The number of nitrogens with two attached hydrogens (primary N) is 1. The number of aryl methyl sites for hydroxylation is 1. The fourth-order valence-electron chi connectivity index (χ4n) is 3.02. The second kappa shape index (κ2) is 7.80. The van der Waals surface area contributed by atoms with E-state index in [1.165, 1.54) is 6.92 Å². The molecule has 27 heavy (non-hydrogen) atoms. The number of hydrogen-bond donors (Lipinski definition) is 2. The number of benzene rings is 1. The summed E-state index contributed by atoms with van der Waals surface area (Å²) in [6.07, 6.45) is -0.756. The van der Waals surface area contributed by atoms with Crippen LogP contribution in [0.2, 0.25) is 0 Å². The first-order valence-corrected chi connectivity index (χ1v) is 9.70. The molecule has 1 fully saturated rings. The van der Waals surface area contributed by atoms with E-state index in [0.29, 0.717) is 17.3 Å². The van der Waals surface area contributed by atoms with Crippen LogP contribution >= 0.6 is 11.8 Å². The number of thioether (sulfide) groups is 1. The van der Waals surface area contributed by atoms with Gasteiger partial charge in [0, 0.05) is 17.3 Å². The highest BCUT2D eigenvalue weighted by molar-refractivity contribution is 7.99. The molecule has 3 rings (SSSR count). The predicted molar refractivity (Wildman–Crippen MR) is 103 cm³/mol. The van der Waals surface area contributed by atoms with Gasteiger partial charge in [-0.25, -0.2) is 4.98 Å². The summed E-state index contributed by atoms with van der Waals surface area (Å²) in [6, 6.07) is 5.32. The molecule has 1 aliphatic heterocycles. The molecule has 1 aromatic carbocycles. The number of aromatic nitrogens is 1. The highest BCUT2D eigenvalue weighted by Crippen LogP contribution is 2.38. The molecule has 0 unspecified atom stereocenters. The van der Waals surface area contributed by atoms with Crippen molar-refractivity contribution in [2.45, 2.75) is 32.0 Å². The number of aliphatic imine (C=N–C) groups is 1. The van der Waals surface area contributed by atoms with Gasteiger partial charge in [-0.05, 0) is 61.1 Å². The Balaban J connectivity index is 1.88. The first kappa shape index (κ1) is 19.5. The van der Waals surface area contributed by atoms with Crippen molar-refractivity contribution in [1.29, 1.82) is 0 Å². The number of nitrogens with zero attached hydrogens (tertiary/aromatic N) is 2. The molecule has 0 amide bonds. The fourth-order valence-corrected chi connectivity index (χ4v) is 4.10. The van der Waals surface area contributed by atoms with Crippen molar-refractivity contribution in [2.24, 2.45) is 4.99 Å². The van der Waals surface area contributed by atoms with Crippen LogP contribution in [0.5, 0.6) is 5.75 Å². The van der Waals surface area contributed by atoms with Gasteiger partial charge in [0.25, 0.3) is 0 Å². The van der Waals surface area contributed by atoms with Crippen LogP contribution in [0.25, 0.3) is 11.3 Å². The summed E-state index contributed by atoms with van der Waals surface area (Å²) in [4.78, 5) is 8.82. The third-order valence-electron chi connectivity index (χ3n) is 4.47. The highest BCUT2D eigenvalue weighted by atomic mass is 32.2. The number of anilines is 1. The molecule has 2 heterocycles. The number of pyridine rings is 1. The maximum absolute atomic E-state index is 12.9. The van der Waals surface area contributed by atoms with Gasteiger partial charge >= 0.3 is 6.18 Å². The smallest absolute Gasteiger partial charge is 0.416 e. The molecule has 0 bridgehead atoms. The number of phenolic OH excluding ortho intramolecular Hbond substituents is 1. The van der Waals surface area contributed by atoms with Gasteiger partial charge in [-0.2, -0.15) is 24.9 Å². The van der Waals surface area contributed by atoms with Crippen LogP contribution in [0.3, 0.4) is 0 Å². The van der Waals surface area contributed by atoms with Gasteiger partial charge in [-0.3, -0.25) is 4.99 Å². The summed E-state index contributed by atoms with van der Waals surface area (Å²) in [6.45, 7) is 1.50. The Labute approximate surface area is 159 Å². The average Bonchev–Trinajstić information content (AvgIpc) is 2.60. The van der Waals surface area contributed by atoms with E-state index < -0.39 is 17.5 Å². The van der Waals surface area contributed by atoms with Crippen LogP contribution in [0, 0.1) is 6.92 Å². The van der Waals surface area contributed by atoms with E-state index in [0.717, 1.165) is 30.4 Å². The van der Waals surface area contributed by atoms with E-state index in [1.54, 1.807) is 18.3 Å². The van der Waals surface area contributed by atoms with Crippen molar-refractivity contribution in [2.75, 3.05) is 17.2 Å². The third kappa shape index (κ3) is 4.55. The first-order chi connectivity index (χ1) is 12.8. The van der Waals surface area contributed by atoms with E-state index in [-0.39, 0.29) is 23.0 Å². The number of aromatic hydroxyl groups is 1. The van der Waals surface area contributed by atoms with Gasteiger partial charge in [0.1, 0.15) is 11.6 Å². The van der Waals surface area contributed by atoms with Crippen molar-refractivity contribution in [3.63, 3.8) is 0 Å². The predicted octanol–water partition coefficient (Wildman–Crippen LogP) is 4.68. The second-order valence-electron chi connectivity index (χ2n) is 6.48. The van der Waals surface area contributed by atoms with Gasteiger partial charge in [0.05, 0.1) is 17.3 Å². The van der Waals surface area contributed by atoms with Gasteiger partial charge in [-0.1, -0.05) is 0 Å². The third-order valence-corrected chi connectivity index (χ3v) is 5.52. The van der Waals surface area contributed by atoms with Gasteiger partial charge < -0.3 is 10.8 Å². The lowest BCUT2D eigenvalue weighted by Gasteiger charge is -2.17. The van der Waals surface area contributed by atoms with Gasteiger partial charge in [0.2, 0.25) is 0 Å². The van der Waals surface area contributed by atoms with Gasteiger partial charge in [-0.15, -0.1) is 0 Å². The zero-order chi connectivity index (χ0) is 19.6. The molecule has 0 radical (unpaired) electrons. The van der Waals surface area contributed by atoms with Crippen LogP contribution in [-0.4, -0.2) is 33.9 Å². The second-order valence-corrected chi connectivity index (χ2v) is 7.70. The van der Waals surface area contributed by atoms with Crippen molar-refractivity contribution in [1.82, 2.24) is 4.98 Å². The Bertz CT molecular complexity index is 839. The number of hydrogen-bond acceptors (Lipinski definition) is 5. The molecular weight excluding hydrogens is 375 g/mol. The molecule has 1 aromatic heterocycles. The topological polar surface area (TPSA) is 71.5 Å². The molecular formula is C19H20F3N3OS. The molecule has 0 saturated carbocycles. The van der Waals surface area contributed by atoms with Crippen LogP contribution in [0.15, 0.2) is 29.3 Å². The molecule has 8 heteroatoms. The molecule has 1 saturated heterocycles. The first-order valence-electron chi connectivity index (χ1n) is 8.54. The molecule has 0 atom stereocenters. The number of nitrogen functional groups attached to an aromatic ring is 1. The van der Waals surface area contributed by atoms with Crippen LogP contribution in [-0.2, 0) is 6.18 Å². The number of phenols is 1. The lowest BCUT2D eigenvalue weighted by atomic mass is 10.00. The minimum Gasteiger partial charge on any atom is -0.507 e. The zero-order valence-electron chi connectivity index (χ0n) is 14.8. The van der Waals surface area contributed by atoms with E-state index in [1.807, 2.05) is 11.8 Å². The van der Waals surface area contributed by atoms with Crippen molar-refractivity contribution in [3.05, 3.63) is 41.0 Å². The summed E-state index contributed by atoms with van der Waals surface area (Å²) in [7, 11) is 0. The summed E-state index contributed by atoms with van der Waals surface area (Å²) in [5, 5.41) is 10.1. The fraction of sp³-hybridized carbons (Fsp3) is 0.368. The molecule has 4 nitrogen and oxygen atoms in total. The maximum Gasteiger partial charge on any atom is 0.416 e. The van der Waals surface area contributed by atoms with Crippen LogP contribution < -0.4 is 5.73 Å². The van der Waals surface area contributed by atoms with Crippen molar-refractivity contribution >= 4 is 23.8 Å². The molecule has 1 aliphatic rings. The Morgan fingerprint density at radius 2 is 1.96 bits per heavy atom. The molecule has 144 valence electrons. The van der Waals surface area contributed by atoms with Gasteiger partial charge in [0.15, 0.2) is 0 Å². The molecule has 3 N–H and O–H groups in total. The molecule has 0 aliphatic carbocycles. The maximum atomic E-state index is 12.9. The van der Waals surface area contributed by atoms with E-state index in [4.69, 9.17) is 5.73 Å². The summed E-state index contributed by atoms with van der Waals surface area (Å²) >= 11 is 1.92. The summed E-state index contributed by atoms with van der Waals surface area (Å²) < 4.78 is 38.6. The minimum atomic E-state index is -4.52. The quantitative estimate of drug-likeness (QED) is 0.741. The van der Waals surface area contributed by atoms with Crippen LogP contribution in [0.4, 0.5) is 19.0 Å². The largest absolute Gasteiger partial charge is 0.507 e. The lowest BCUT2D eigenvalue weighted by Crippen LogP contribution is -2.13. The monoisotopic (exact) mass is 395 g/mol. The average molecular weight is 395 g/mol. The normalized spacial score (nSPS) is 16.1. The number of rotatable bonds is 3. The minimum absolute atomic E-state index is 0.222. The van der Waals surface area contributed by atoms with E-state index in [2.05, 4.69) is 9.98 Å². The number of halogens is 3. The van der Waals surface area contributed by atoms with Crippen LogP contribution in [0.1, 0.15) is 29.5 Å². The number of alkyl halides is 3. The van der Waals surface area contributed by atoms with Crippen molar-refractivity contribution in [3.8, 4) is 17.0 Å². The lowest BCUT2D eigenvalue weighted by molar-refractivity contribution is -0.137. The SMILES string of the molecule is Cc1cc(C(F)(F)F)cc(O)c1-c1ccc(C=NC2CCSCC2)c(N)n1. The molecule has 0 spiro atoms. The Morgan fingerprint density at radius 3 is 2.56 bits per heavy atom. The Kier molecular flexibility index (Phi) is 5.64. The van der Waals surface area contributed by atoms with E-state index >= 15 is 0 Å². The Morgan fingerprint density at radius 1 is 1.26 bits per heavy atom.